The molecule has 0 radical (unpaired) electrons. The molecule has 0 bridgehead atoms. The van der Waals surface area contributed by atoms with Crippen LogP contribution < -0.4 is 0 Å². The lowest BCUT2D eigenvalue weighted by Crippen LogP contribution is -1.77. The Morgan fingerprint density at radius 3 is 1.42 bits per heavy atom. The van der Waals surface area contributed by atoms with Crippen molar-refractivity contribution in [2.45, 2.75) is 0 Å². The van der Waals surface area contributed by atoms with Gasteiger partial charge in [0.1, 0.15) is 0 Å². The van der Waals surface area contributed by atoms with Crippen LogP contribution in [0.3, 0.4) is 0 Å². The summed E-state index contributed by atoms with van der Waals surface area (Å²) in [5, 5.41) is 0. The predicted molar refractivity (Wildman–Crippen MR) is 40.3 cm³/mol. The van der Waals surface area contributed by atoms with Gasteiger partial charge in [-0.15, -0.1) is 0 Å². The maximum Gasteiger partial charge on any atom is 0.353 e. The van der Waals surface area contributed by atoms with Gasteiger partial charge in [-0.3, -0.25) is 4.55 Å². The first kappa shape index (κ1) is 14.3. The van der Waals surface area contributed by atoms with Crippen LogP contribution in [0, 0.1) is 0 Å². The highest BCUT2D eigenvalue weighted by molar-refractivity contribution is 8.12. The van der Waals surface area contributed by atoms with Crippen LogP contribution in [0.5, 0.6) is 0 Å². The maximum absolute atomic E-state index is 9.57. The van der Waals surface area contributed by atoms with Crippen LogP contribution in [0.1, 0.15) is 0 Å². The van der Waals surface area contributed by atoms with Gasteiger partial charge in [0.05, 0.1) is 0 Å². The fourth-order valence-electron chi connectivity index (χ4n) is 0.0445. The zero-order valence-corrected chi connectivity index (χ0v) is 8.15. The fourth-order valence-corrected chi connectivity index (χ4v) is 0.218. The van der Waals surface area contributed by atoms with Crippen LogP contribution >= 0.6 is 21.4 Å². The van der Waals surface area contributed by atoms with E-state index in [9.17, 15) is 8.42 Å². The lowest BCUT2D eigenvalue weighted by atomic mass is 11.7. The predicted octanol–water partition coefficient (Wildman–Crippen LogP) is -0.166. The Kier molecular flexibility index (Phi) is 6.53. The fraction of sp³-hybridized carbons (Fsp3) is 0. The quantitative estimate of drug-likeness (QED) is 0.302. The molecule has 0 saturated carbocycles. The summed E-state index contributed by atoms with van der Waals surface area (Å²) in [4.78, 5) is 9.07. The summed E-state index contributed by atoms with van der Waals surface area (Å²) in [5.41, 5.74) is 0. The van der Waals surface area contributed by atoms with Crippen molar-refractivity contribution in [3.05, 3.63) is 0 Å². The van der Waals surface area contributed by atoms with Crippen LogP contribution in [-0.4, -0.2) is 27.5 Å². The summed E-state index contributed by atoms with van der Waals surface area (Å²) in [6.45, 7) is 0. The maximum atomic E-state index is 9.57. The molecular weight excluding hydrogens is 257 g/mol. The summed E-state index contributed by atoms with van der Waals surface area (Å²) in [6, 6.07) is 0. The minimum Gasteiger partial charge on any atom is -0.273 e. The Labute approximate surface area is 76.8 Å². The molecule has 0 fully saturated rings. The van der Waals surface area contributed by atoms with Crippen molar-refractivity contribution in [2.24, 2.45) is 4.40 Å². The number of hydrogen-bond donors (Lipinski definition) is 1. The van der Waals surface area contributed by atoms with Gasteiger partial charge < -0.3 is 0 Å². The molecule has 0 aromatic rings. The van der Waals surface area contributed by atoms with Crippen molar-refractivity contribution >= 4 is 46.0 Å². The lowest BCUT2D eigenvalue weighted by Gasteiger charge is -1.67. The summed E-state index contributed by atoms with van der Waals surface area (Å²) >= 11 is 0. The first-order valence-corrected chi connectivity index (χ1v) is 6.30. The molecule has 0 saturated heterocycles. The Morgan fingerprint density at radius 2 is 1.42 bits per heavy atom. The minimum atomic E-state index is -4.19. The van der Waals surface area contributed by atoms with Gasteiger partial charge in [-0.2, -0.15) is 16.8 Å². The van der Waals surface area contributed by atoms with E-state index in [0.29, 0.717) is 0 Å². The van der Waals surface area contributed by atoms with Crippen molar-refractivity contribution in [3.63, 3.8) is 0 Å². The van der Waals surface area contributed by atoms with Gasteiger partial charge in [0, 0.05) is 21.4 Å². The average molecular weight is 258 g/mol. The zero-order chi connectivity index (χ0) is 10.4. The molecule has 0 amide bonds. The molecule has 72 valence electrons. The first-order chi connectivity index (χ1) is 5.06. The van der Waals surface area contributed by atoms with Gasteiger partial charge in [0.2, 0.25) is 0 Å². The van der Waals surface area contributed by atoms with Gasteiger partial charge in [-0.05, 0) is 0 Å². The smallest absolute Gasteiger partial charge is 0.273 e. The van der Waals surface area contributed by atoms with Gasteiger partial charge in [0.15, 0.2) is 0 Å². The number of isocyanates is 1. The number of nitrogens with zero attached hydrogens (tertiary/aromatic N) is 1. The molecule has 7 nitrogen and oxygen atoms in total. The molecule has 0 atom stereocenters. The molecule has 0 aliphatic carbocycles. The summed E-state index contributed by atoms with van der Waals surface area (Å²) in [6.07, 6.45) is 0.763. The molecule has 11 heteroatoms. The van der Waals surface area contributed by atoms with E-state index in [1.54, 1.807) is 0 Å². The number of halogens is 2. The highest BCUT2D eigenvalue weighted by Crippen LogP contribution is 1.93. The largest absolute Gasteiger partial charge is 0.353 e. The molecule has 0 aliphatic rings. The van der Waals surface area contributed by atoms with Crippen molar-refractivity contribution < 1.29 is 26.2 Å². The topological polar surface area (TPSA) is 118 Å². The van der Waals surface area contributed by atoms with E-state index < -0.39 is 18.6 Å². The monoisotopic (exact) mass is 257 g/mol. The normalized spacial score (nSPS) is 10.6. The Balaban J connectivity index is 0. The zero-order valence-electron chi connectivity index (χ0n) is 5.01. The van der Waals surface area contributed by atoms with Crippen molar-refractivity contribution in [3.8, 4) is 0 Å². The van der Waals surface area contributed by atoms with Crippen LogP contribution in [0.15, 0.2) is 4.40 Å². The molecule has 0 aliphatic heterocycles. The highest BCUT2D eigenvalue weighted by atomic mass is 35.7. The molecule has 0 rings (SSSR count). The van der Waals surface area contributed by atoms with Crippen molar-refractivity contribution in [1.29, 1.82) is 0 Å². The van der Waals surface area contributed by atoms with Gasteiger partial charge in [-0.25, -0.2) is 4.79 Å². The van der Waals surface area contributed by atoms with E-state index in [1.807, 2.05) is 0 Å². The van der Waals surface area contributed by atoms with Crippen LogP contribution in [0.25, 0.3) is 0 Å². The van der Waals surface area contributed by atoms with Crippen LogP contribution in [0.2, 0.25) is 0 Å². The molecule has 0 aromatic carbocycles. The number of hydrogen-bond acceptors (Lipinski definition) is 5. The number of rotatable bonds is 1. The lowest BCUT2D eigenvalue weighted by molar-refractivity contribution is 0.501. The SMILES string of the molecule is O=C=NS(=O)(=O)Cl.O=S(=O)(O)Cl. The summed E-state index contributed by atoms with van der Waals surface area (Å²) in [5.74, 6) is 0. The molecule has 12 heavy (non-hydrogen) atoms. The van der Waals surface area contributed by atoms with Crippen molar-refractivity contribution in [2.75, 3.05) is 0 Å². The Hall–Kier alpha value is -0.180. The Bertz CT molecular complexity index is 352. The molecule has 0 aromatic heterocycles. The minimum absolute atomic E-state index is 0.763. The van der Waals surface area contributed by atoms with E-state index in [2.05, 4.69) is 25.8 Å². The Morgan fingerprint density at radius 1 is 1.17 bits per heavy atom. The van der Waals surface area contributed by atoms with Crippen LogP contribution in [-0.2, 0) is 23.4 Å². The second kappa shape index (κ2) is 5.46. The van der Waals surface area contributed by atoms with Gasteiger partial charge >= 0.3 is 18.6 Å². The van der Waals surface area contributed by atoms with Gasteiger partial charge in [0.25, 0.3) is 6.08 Å². The molecule has 1 N–H and O–H groups in total. The number of carbonyl (C=O) groups excluding carboxylic acids is 1. The van der Waals surface area contributed by atoms with Crippen LogP contribution in [0.4, 0.5) is 0 Å². The summed E-state index contributed by atoms with van der Waals surface area (Å²) < 4.78 is 46.5. The summed E-state index contributed by atoms with van der Waals surface area (Å²) in [7, 11) is 0.239. The third-order valence-electron chi connectivity index (χ3n) is 0.146. The van der Waals surface area contributed by atoms with Gasteiger partial charge in [-0.1, -0.05) is 4.40 Å². The van der Waals surface area contributed by atoms with E-state index >= 15 is 0 Å². The van der Waals surface area contributed by atoms with E-state index in [1.165, 1.54) is 0 Å². The molecule has 0 unspecified atom stereocenters. The third-order valence-corrected chi connectivity index (χ3v) is 0.646. The second-order valence-corrected chi connectivity index (χ2v) is 5.18. The first-order valence-electron chi connectivity index (χ1n) is 1.77. The molecule has 0 heterocycles. The van der Waals surface area contributed by atoms with E-state index in [0.717, 1.165) is 6.08 Å². The van der Waals surface area contributed by atoms with Crippen molar-refractivity contribution in [1.82, 2.24) is 0 Å². The third kappa shape index (κ3) is 52.4. The standard InChI is InChI=1S/CClNO3S.ClHO3S/c2-7(5,6)3-1-4;1-5(2,3)4/h;(H,2,3,4). The van der Waals surface area contributed by atoms with E-state index in [4.69, 9.17) is 17.8 Å². The van der Waals surface area contributed by atoms with E-state index in [-0.39, 0.29) is 0 Å². The second-order valence-electron chi connectivity index (χ2n) is 1.01. The molecule has 0 spiro atoms. The average Bonchev–Trinajstić information content (AvgIpc) is 1.54. The highest BCUT2D eigenvalue weighted by Gasteiger charge is 1.95. The molecular formula is CHCl2NO6S2.